The molecule has 0 saturated heterocycles. The standard InChI is InChI=1S/C26H56NO.C2H4O2/c1-4-5-6-7-8-9-10-11-12-13-14-15-16-17-18-19-20-21-22-23-24-27(2,3)25-26-28;1-2(3)4/h28H,4-26H2,1-3H3;1H3,(H,3,4)/q+1;/p-1. The fraction of sp³-hybridized carbons (Fsp3) is 0.964. The highest BCUT2D eigenvalue weighted by Gasteiger charge is 2.12. The Hall–Kier alpha value is -0.610. The lowest BCUT2D eigenvalue weighted by Crippen LogP contribution is -2.42. The van der Waals surface area contributed by atoms with E-state index in [0.717, 1.165) is 18.0 Å². The topological polar surface area (TPSA) is 60.4 Å². The molecule has 0 aromatic heterocycles. The predicted octanol–water partition coefficient (Wildman–Crippen LogP) is 6.63. The molecule has 0 radical (unpaired) electrons. The van der Waals surface area contributed by atoms with Gasteiger partial charge >= 0.3 is 0 Å². The van der Waals surface area contributed by atoms with Gasteiger partial charge in [0.1, 0.15) is 6.54 Å². The molecule has 0 aliphatic carbocycles. The smallest absolute Gasteiger partial charge is 0.102 e. The number of likely N-dealkylation sites (N-methyl/N-ethyl adjacent to an activating group) is 1. The molecule has 0 amide bonds. The van der Waals surface area contributed by atoms with E-state index in [-0.39, 0.29) is 0 Å². The molecular formula is C28H59NO3. The fourth-order valence-corrected chi connectivity index (χ4v) is 4.18. The van der Waals surface area contributed by atoms with Gasteiger partial charge in [0.25, 0.3) is 0 Å². The molecule has 0 fully saturated rings. The van der Waals surface area contributed by atoms with Crippen LogP contribution in [0.4, 0.5) is 0 Å². The first-order valence-corrected chi connectivity index (χ1v) is 14.0. The zero-order valence-electron chi connectivity index (χ0n) is 22.5. The molecule has 0 aliphatic heterocycles. The maximum atomic E-state index is 9.05. The highest BCUT2D eigenvalue weighted by atomic mass is 16.4. The summed E-state index contributed by atoms with van der Waals surface area (Å²) in [5, 5.41) is 17.9. The van der Waals surface area contributed by atoms with Crippen LogP contribution in [0, 0.1) is 0 Å². The number of hydrogen-bond donors (Lipinski definition) is 1. The van der Waals surface area contributed by atoms with E-state index in [0.29, 0.717) is 6.61 Å². The largest absolute Gasteiger partial charge is 0.550 e. The molecule has 0 saturated carbocycles. The minimum Gasteiger partial charge on any atom is -0.550 e. The molecule has 1 N–H and O–H groups in total. The van der Waals surface area contributed by atoms with Crippen LogP contribution in [0.3, 0.4) is 0 Å². The Labute approximate surface area is 201 Å². The molecule has 0 heterocycles. The van der Waals surface area contributed by atoms with Gasteiger partial charge in [-0.3, -0.25) is 0 Å². The summed E-state index contributed by atoms with van der Waals surface area (Å²) in [6.07, 6.45) is 28.8. The number of rotatable bonds is 23. The molecule has 0 bridgehead atoms. The van der Waals surface area contributed by atoms with E-state index in [2.05, 4.69) is 21.0 Å². The SMILES string of the molecule is CC(=O)[O-].CCCCCCCCCCCCCCCCCCCCCC[N+](C)(C)CCO. The molecule has 0 aromatic rings. The maximum Gasteiger partial charge on any atom is 0.102 e. The molecule has 4 heteroatoms. The van der Waals surface area contributed by atoms with E-state index < -0.39 is 5.97 Å². The third-order valence-electron chi connectivity index (χ3n) is 6.32. The summed E-state index contributed by atoms with van der Waals surface area (Å²) in [6, 6.07) is 0. The second kappa shape index (κ2) is 26.6. The van der Waals surface area contributed by atoms with Gasteiger partial charge in [-0.05, 0) is 19.8 Å². The van der Waals surface area contributed by atoms with Crippen LogP contribution in [0.1, 0.15) is 142 Å². The van der Waals surface area contributed by atoms with Gasteiger partial charge in [0.05, 0.1) is 27.2 Å². The summed E-state index contributed by atoms with van der Waals surface area (Å²) in [7, 11) is 4.46. The summed E-state index contributed by atoms with van der Waals surface area (Å²) in [4.78, 5) is 8.89. The number of unbranched alkanes of at least 4 members (excludes halogenated alkanes) is 19. The number of carbonyl (C=O) groups is 1. The van der Waals surface area contributed by atoms with Crippen LogP contribution >= 0.6 is 0 Å². The van der Waals surface area contributed by atoms with Crippen molar-refractivity contribution < 1.29 is 19.5 Å². The van der Waals surface area contributed by atoms with E-state index in [4.69, 9.17) is 15.0 Å². The highest BCUT2D eigenvalue weighted by molar-refractivity contribution is 5.60. The van der Waals surface area contributed by atoms with Gasteiger partial charge < -0.3 is 19.5 Å². The average Bonchev–Trinajstić information content (AvgIpc) is 2.72. The molecule has 0 rings (SSSR count). The quantitative estimate of drug-likeness (QED) is 0.138. The van der Waals surface area contributed by atoms with Crippen molar-refractivity contribution >= 4 is 5.97 Å². The van der Waals surface area contributed by atoms with Gasteiger partial charge in [-0.25, -0.2) is 0 Å². The van der Waals surface area contributed by atoms with Crippen LogP contribution < -0.4 is 5.11 Å². The Morgan fingerprint density at radius 1 is 0.594 bits per heavy atom. The number of aliphatic hydroxyl groups excluding tert-OH is 1. The lowest BCUT2D eigenvalue weighted by atomic mass is 10.0. The van der Waals surface area contributed by atoms with E-state index in [1.54, 1.807) is 0 Å². The third kappa shape index (κ3) is 34.0. The van der Waals surface area contributed by atoms with E-state index in [1.807, 2.05) is 0 Å². The Kier molecular flexibility index (Phi) is 27.9. The van der Waals surface area contributed by atoms with Crippen molar-refractivity contribution in [2.75, 3.05) is 33.8 Å². The second-order valence-corrected chi connectivity index (χ2v) is 10.3. The maximum absolute atomic E-state index is 9.05. The van der Waals surface area contributed by atoms with Crippen molar-refractivity contribution in [1.29, 1.82) is 0 Å². The van der Waals surface area contributed by atoms with Gasteiger partial charge in [-0.2, -0.15) is 0 Å². The van der Waals surface area contributed by atoms with Gasteiger partial charge in [-0.1, -0.05) is 122 Å². The van der Waals surface area contributed by atoms with Gasteiger partial charge in [0, 0.05) is 5.97 Å². The first-order valence-electron chi connectivity index (χ1n) is 14.0. The number of hydrogen-bond acceptors (Lipinski definition) is 3. The van der Waals surface area contributed by atoms with Crippen LogP contribution in [-0.4, -0.2) is 49.4 Å². The first kappa shape index (κ1) is 33.6. The van der Waals surface area contributed by atoms with Gasteiger partial charge in [-0.15, -0.1) is 0 Å². The van der Waals surface area contributed by atoms with Crippen molar-refractivity contribution in [2.45, 2.75) is 142 Å². The molecule has 194 valence electrons. The molecular weight excluding hydrogens is 398 g/mol. The number of carboxylic acid groups (broad SMARTS) is 1. The van der Waals surface area contributed by atoms with E-state index in [9.17, 15) is 0 Å². The number of quaternary nitrogens is 1. The molecule has 0 aliphatic rings. The monoisotopic (exact) mass is 457 g/mol. The summed E-state index contributed by atoms with van der Waals surface area (Å²) < 4.78 is 0.968. The van der Waals surface area contributed by atoms with Crippen LogP contribution in [0.2, 0.25) is 0 Å². The number of carbonyl (C=O) groups excluding carboxylic acids is 1. The van der Waals surface area contributed by atoms with E-state index in [1.165, 1.54) is 135 Å². The summed E-state index contributed by atoms with van der Waals surface area (Å²) in [5.41, 5.74) is 0. The lowest BCUT2D eigenvalue weighted by Gasteiger charge is -2.28. The van der Waals surface area contributed by atoms with Crippen molar-refractivity contribution in [3.05, 3.63) is 0 Å². The summed E-state index contributed by atoms with van der Waals surface area (Å²) >= 11 is 0. The Bertz CT molecular complexity index is 368. The average molecular weight is 458 g/mol. The number of carboxylic acids is 1. The third-order valence-corrected chi connectivity index (χ3v) is 6.32. The Morgan fingerprint density at radius 3 is 1.09 bits per heavy atom. The zero-order chi connectivity index (χ0) is 24.3. The number of aliphatic hydroxyl groups is 1. The normalized spacial score (nSPS) is 11.3. The lowest BCUT2D eigenvalue weighted by molar-refractivity contribution is -0.890. The van der Waals surface area contributed by atoms with Crippen molar-refractivity contribution in [2.24, 2.45) is 0 Å². The Balaban J connectivity index is 0. The van der Waals surface area contributed by atoms with Gasteiger partial charge in [0.15, 0.2) is 0 Å². The minimum atomic E-state index is -1.08. The minimum absolute atomic E-state index is 0.312. The Morgan fingerprint density at radius 2 is 0.844 bits per heavy atom. The van der Waals surface area contributed by atoms with Crippen LogP contribution in [0.25, 0.3) is 0 Å². The molecule has 32 heavy (non-hydrogen) atoms. The zero-order valence-corrected chi connectivity index (χ0v) is 22.5. The van der Waals surface area contributed by atoms with Crippen molar-refractivity contribution in [3.63, 3.8) is 0 Å². The molecule has 0 spiro atoms. The van der Waals surface area contributed by atoms with E-state index >= 15 is 0 Å². The second-order valence-electron chi connectivity index (χ2n) is 10.3. The predicted molar refractivity (Wildman–Crippen MR) is 138 cm³/mol. The van der Waals surface area contributed by atoms with Crippen molar-refractivity contribution in [3.8, 4) is 0 Å². The van der Waals surface area contributed by atoms with Crippen LogP contribution in [0.5, 0.6) is 0 Å². The highest BCUT2D eigenvalue weighted by Crippen LogP contribution is 2.15. The van der Waals surface area contributed by atoms with Crippen molar-refractivity contribution in [1.82, 2.24) is 0 Å². The number of aliphatic carboxylic acids is 1. The number of nitrogens with zero attached hydrogens (tertiary/aromatic N) is 1. The molecule has 0 atom stereocenters. The summed E-state index contributed by atoms with van der Waals surface area (Å²) in [5.74, 6) is -1.08. The van der Waals surface area contributed by atoms with Crippen LogP contribution in [-0.2, 0) is 4.79 Å². The van der Waals surface area contributed by atoms with Crippen LogP contribution in [0.15, 0.2) is 0 Å². The fourth-order valence-electron chi connectivity index (χ4n) is 4.18. The van der Waals surface area contributed by atoms with Gasteiger partial charge in [0.2, 0.25) is 0 Å². The molecule has 0 aromatic carbocycles. The first-order chi connectivity index (χ1) is 15.4. The molecule has 0 unspecified atom stereocenters. The summed E-state index contributed by atoms with van der Waals surface area (Å²) in [6.45, 7) is 5.68. The molecule has 4 nitrogen and oxygen atoms in total.